The lowest BCUT2D eigenvalue weighted by molar-refractivity contribution is -0.126. The van der Waals surface area contributed by atoms with Gasteiger partial charge in [-0.1, -0.05) is 26.0 Å². The van der Waals surface area contributed by atoms with Crippen molar-refractivity contribution in [2.75, 3.05) is 18.5 Å². The number of amides is 2. The molecule has 98 valence electrons. The Hall–Kier alpha value is -1.88. The Morgan fingerprint density at radius 2 is 1.83 bits per heavy atom. The molecule has 0 aromatic heterocycles. The highest BCUT2D eigenvalue weighted by molar-refractivity contribution is 5.91. The van der Waals surface area contributed by atoms with E-state index in [1.54, 1.807) is 0 Å². The van der Waals surface area contributed by atoms with Crippen molar-refractivity contribution in [3.8, 4) is 0 Å². The van der Waals surface area contributed by atoms with Crippen molar-refractivity contribution in [3.05, 3.63) is 29.8 Å². The van der Waals surface area contributed by atoms with Crippen LogP contribution in [-0.4, -0.2) is 25.0 Å². The molecule has 0 spiro atoms. The Morgan fingerprint density at radius 1 is 1.22 bits per heavy atom. The van der Waals surface area contributed by atoms with Crippen molar-refractivity contribution >= 4 is 17.5 Å². The van der Waals surface area contributed by atoms with Crippen molar-refractivity contribution in [3.63, 3.8) is 0 Å². The van der Waals surface area contributed by atoms with E-state index in [9.17, 15) is 9.59 Å². The highest BCUT2D eigenvalue weighted by atomic mass is 16.5. The average molecular weight is 250 g/mol. The lowest BCUT2D eigenvalue weighted by Gasteiger charge is -2.08. The van der Waals surface area contributed by atoms with Crippen LogP contribution in [0, 0.1) is 0 Å². The number of nitrogens with two attached hydrogens (primary N) is 1. The largest absolute Gasteiger partial charge is 0.368 e. The van der Waals surface area contributed by atoms with Crippen molar-refractivity contribution in [2.45, 2.75) is 19.8 Å². The number of anilines is 1. The molecule has 5 heteroatoms. The number of carbonyl (C=O) groups is 2. The van der Waals surface area contributed by atoms with E-state index in [2.05, 4.69) is 19.2 Å². The maximum Gasteiger partial charge on any atom is 0.250 e. The minimum absolute atomic E-state index is 0.186. The summed E-state index contributed by atoms with van der Waals surface area (Å²) in [5.74, 6) is -0.453. The molecular weight excluding hydrogens is 232 g/mol. The second-order valence-electron chi connectivity index (χ2n) is 4.28. The fourth-order valence-electron chi connectivity index (χ4n) is 1.39. The van der Waals surface area contributed by atoms with Gasteiger partial charge in [0.25, 0.3) is 0 Å². The van der Waals surface area contributed by atoms with Gasteiger partial charge in [-0.15, -0.1) is 0 Å². The zero-order chi connectivity index (χ0) is 13.5. The average Bonchev–Trinajstić information content (AvgIpc) is 2.29. The first-order valence-corrected chi connectivity index (χ1v) is 5.75. The van der Waals surface area contributed by atoms with Crippen LogP contribution in [0.5, 0.6) is 0 Å². The molecule has 1 aromatic rings. The Morgan fingerprint density at radius 3 is 2.33 bits per heavy atom. The van der Waals surface area contributed by atoms with Gasteiger partial charge in [0.05, 0.1) is 0 Å². The SMILES string of the molecule is CC(C)c1ccc(NC(=O)COCC(N)=O)cc1. The standard InChI is InChI=1S/C13H18N2O3/c1-9(2)10-3-5-11(6-4-10)15-13(17)8-18-7-12(14)16/h3-6,9H,7-8H2,1-2H3,(H2,14,16)(H,15,17). The fourth-order valence-corrected chi connectivity index (χ4v) is 1.39. The zero-order valence-corrected chi connectivity index (χ0v) is 10.6. The van der Waals surface area contributed by atoms with Gasteiger partial charge in [-0.05, 0) is 23.6 Å². The maximum absolute atomic E-state index is 11.4. The quantitative estimate of drug-likeness (QED) is 0.797. The van der Waals surface area contributed by atoms with Gasteiger partial charge in [0, 0.05) is 5.69 Å². The summed E-state index contributed by atoms with van der Waals surface area (Å²) in [5, 5.41) is 2.67. The summed E-state index contributed by atoms with van der Waals surface area (Å²) >= 11 is 0. The first kappa shape index (κ1) is 14.2. The number of carbonyl (C=O) groups excluding carboxylic acids is 2. The van der Waals surface area contributed by atoms with Crippen LogP contribution in [0.3, 0.4) is 0 Å². The first-order valence-electron chi connectivity index (χ1n) is 5.75. The van der Waals surface area contributed by atoms with Crippen LogP contribution in [0.1, 0.15) is 25.3 Å². The summed E-state index contributed by atoms with van der Waals surface area (Å²) < 4.78 is 4.80. The van der Waals surface area contributed by atoms with Crippen molar-refractivity contribution in [2.24, 2.45) is 5.73 Å². The molecule has 5 nitrogen and oxygen atoms in total. The number of benzene rings is 1. The maximum atomic E-state index is 11.4. The molecular formula is C13H18N2O3. The Labute approximate surface area is 106 Å². The molecule has 3 N–H and O–H groups in total. The second-order valence-corrected chi connectivity index (χ2v) is 4.28. The van der Waals surface area contributed by atoms with Gasteiger partial charge < -0.3 is 15.8 Å². The van der Waals surface area contributed by atoms with Crippen molar-refractivity contribution in [1.82, 2.24) is 0 Å². The van der Waals surface area contributed by atoms with E-state index in [0.29, 0.717) is 11.6 Å². The topological polar surface area (TPSA) is 81.4 Å². The Bertz CT molecular complexity index is 413. The third-order valence-electron chi connectivity index (χ3n) is 2.34. The number of hydrogen-bond acceptors (Lipinski definition) is 3. The van der Waals surface area contributed by atoms with Crippen LogP contribution >= 0.6 is 0 Å². The van der Waals surface area contributed by atoms with Gasteiger partial charge in [0.1, 0.15) is 13.2 Å². The third-order valence-corrected chi connectivity index (χ3v) is 2.34. The molecule has 0 aliphatic heterocycles. The molecule has 0 fully saturated rings. The molecule has 1 aromatic carbocycles. The van der Waals surface area contributed by atoms with E-state index in [1.807, 2.05) is 24.3 Å². The van der Waals surface area contributed by atoms with Gasteiger partial charge in [-0.2, -0.15) is 0 Å². The van der Waals surface area contributed by atoms with Crippen LogP contribution < -0.4 is 11.1 Å². The van der Waals surface area contributed by atoms with Crippen LogP contribution in [-0.2, 0) is 14.3 Å². The molecule has 2 amide bonds. The number of nitrogens with one attached hydrogen (secondary N) is 1. The predicted octanol–water partition coefficient (Wildman–Crippen LogP) is 1.25. The molecule has 1 rings (SSSR count). The van der Waals surface area contributed by atoms with E-state index >= 15 is 0 Å². The van der Waals surface area contributed by atoms with E-state index in [4.69, 9.17) is 10.5 Å². The van der Waals surface area contributed by atoms with Gasteiger partial charge in [0.2, 0.25) is 11.8 Å². The summed E-state index contributed by atoms with van der Waals surface area (Å²) in [6.45, 7) is 3.77. The third kappa shape index (κ3) is 4.97. The number of ether oxygens (including phenoxy) is 1. The van der Waals surface area contributed by atoms with Gasteiger partial charge >= 0.3 is 0 Å². The number of primary amides is 1. The molecule has 0 radical (unpaired) electrons. The number of rotatable bonds is 6. The Kier molecular flexibility index (Phi) is 5.32. The van der Waals surface area contributed by atoms with E-state index in [0.717, 1.165) is 0 Å². The minimum Gasteiger partial charge on any atom is -0.368 e. The molecule has 0 heterocycles. The van der Waals surface area contributed by atoms with Crippen molar-refractivity contribution < 1.29 is 14.3 Å². The van der Waals surface area contributed by atoms with E-state index in [-0.39, 0.29) is 19.1 Å². The Balaban J connectivity index is 2.42. The fraction of sp³-hybridized carbons (Fsp3) is 0.385. The molecule has 0 aliphatic rings. The molecule has 18 heavy (non-hydrogen) atoms. The lowest BCUT2D eigenvalue weighted by atomic mass is 10.0. The minimum atomic E-state index is -0.593. The highest BCUT2D eigenvalue weighted by Gasteiger charge is 2.04. The van der Waals surface area contributed by atoms with Crippen LogP contribution in [0.4, 0.5) is 5.69 Å². The molecule has 0 aliphatic carbocycles. The number of hydrogen-bond donors (Lipinski definition) is 2. The van der Waals surface area contributed by atoms with Crippen molar-refractivity contribution in [1.29, 1.82) is 0 Å². The van der Waals surface area contributed by atoms with Crippen LogP contribution in [0.2, 0.25) is 0 Å². The summed E-state index contributed by atoms with van der Waals surface area (Å²) in [4.78, 5) is 21.8. The van der Waals surface area contributed by atoms with E-state index in [1.165, 1.54) is 5.56 Å². The smallest absolute Gasteiger partial charge is 0.250 e. The molecule has 0 bridgehead atoms. The summed E-state index contributed by atoms with van der Waals surface area (Å²) in [6, 6.07) is 7.59. The molecule has 0 unspecified atom stereocenters. The first-order chi connectivity index (χ1) is 8.49. The van der Waals surface area contributed by atoms with E-state index < -0.39 is 5.91 Å². The zero-order valence-electron chi connectivity index (χ0n) is 10.6. The highest BCUT2D eigenvalue weighted by Crippen LogP contribution is 2.16. The van der Waals surface area contributed by atoms with Crippen LogP contribution in [0.25, 0.3) is 0 Å². The predicted molar refractivity (Wildman–Crippen MR) is 69.2 cm³/mol. The monoisotopic (exact) mass is 250 g/mol. The van der Waals surface area contributed by atoms with Crippen LogP contribution in [0.15, 0.2) is 24.3 Å². The normalized spacial score (nSPS) is 10.4. The van der Waals surface area contributed by atoms with Gasteiger partial charge in [0.15, 0.2) is 0 Å². The van der Waals surface area contributed by atoms with Gasteiger partial charge in [-0.3, -0.25) is 9.59 Å². The summed E-state index contributed by atoms with van der Waals surface area (Å²) in [7, 11) is 0. The summed E-state index contributed by atoms with van der Waals surface area (Å²) in [5.41, 5.74) is 6.79. The second kappa shape index (κ2) is 6.76. The molecule has 0 saturated heterocycles. The molecule has 0 saturated carbocycles. The summed E-state index contributed by atoms with van der Waals surface area (Å²) in [6.07, 6.45) is 0. The lowest BCUT2D eigenvalue weighted by Crippen LogP contribution is -2.24. The van der Waals surface area contributed by atoms with Gasteiger partial charge in [-0.25, -0.2) is 0 Å². The molecule has 0 atom stereocenters.